The topological polar surface area (TPSA) is 495 Å². The number of benzene rings is 1. The zero-order chi connectivity index (χ0) is 74.4. The van der Waals surface area contributed by atoms with Crippen LogP contribution >= 0.6 is 0 Å². The number of rotatable bonds is 19. The summed E-state index contributed by atoms with van der Waals surface area (Å²) in [6.07, 6.45) is -37.5. The number of carboxylic acids is 1. The Balaban J connectivity index is 0.860. The van der Waals surface area contributed by atoms with Crippen LogP contribution in [-0.4, -0.2) is 300 Å². The second-order valence-corrected chi connectivity index (χ2v) is 31.3. The molecule has 0 amide bonds. The Bertz CT molecular complexity index is 3190. The quantitative estimate of drug-likeness (QED) is 0.0302. The first-order chi connectivity index (χ1) is 48.0. The molecule has 34 atom stereocenters. The zero-order valence-electron chi connectivity index (χ0n) is 58.6. The summed E-state index contributed by atoms with van der Waals surface area (Å²) < 4.78 is 76.8. The van der Waals surface area contributed by atoms with Crippen LogP contribution in [-0.2, 0) is 66.5 Å². The Kier molecular flexibility index (Phi) is 23.2. The number of allylic oxidation sites excluding steroid dienone is 1. The van der Waals surface area contributed by atoms with Gasteiger partial charge in [0.2, 0.25) is 6.29 Å². The van der Waals surface area contributed by atoms with Crippen molar-refractivity contribution in [2.75, 3.05) is 40.6 Å². The molecule has 5 saturated heterocycles. The summed E-state index contributed by atoms with van der Waals surface area (Å²) in [7, 11) is 2.90. The maximum absolute atomic E-state index is 16.0. The molecule has 0 bridgehead atoms. The van der Waals surface area contributed by atoms with Crippen molar-refractivity contribution in [3.05, 3.63) is 41.5 Å². The van der Waals surface area contributed by atoms with Gasteiger partial charge in [0.05, 0.1) is 69.8 Å². The number of carboxylic acid groups (broad SMARTS) is 1. The molecule has 1 aromatic carbocycles. The summed E-state index contributed by atoms with van der Waals surface area (Å²) in [4.78, 5) is 43.7. The van der Waals surface area contributed by atoms with Gasteiger partial charge in [-0.25, -0.2) is 4.79 Å². The van der Waals surface area contributed by atoms with E-state index in [9.17, 15) is 91.3 Å². The van der Waals surface area contributed by atoms with E-state index in [-0.39, 0.29) is 50.0 Å². The van der Waals surface area contributed by atoms with E-state index >= 15 is 4.79 Å². The number of aliphatic hydroxyl groups excluding tert-OH is 15. The predicted molar refractivity (Wildman–Crippen MR) is 344 cm³/mol. The van der Waals surface area contributed by atoms with Gasteiger partial charge >= 0.3 is 17.9 Å². The molecule has 4 saturated carbocycles. The second kappa shape index (κ2) is 30.1. The number of hydrogen-bond acceptors (Lipinski definition) is 31. The zero-order valence-corrected chi connectivity index (χ0v) is 58.6. The Morgan fingerprint density at radius 3 is 1.76 bits per heavy atom. The number of esters is 2. The molecule has 1 aromatic rings. The van der Waals surface area contributed by atoms with E-state index in [0.717, 1.165) is 11.6 Å². The van der Waals surface area contributed by atoms with Gasteiger partial charge < -0.3 is 143 Å². The minimum absolute atomic E-state index is 0.00146. The molecule has 10 aliphatic rings. The minimum atomic E-state index is -2.10. The lowest BCUT2D eigenvalue weighted by Crippen LogP contribution is -2.71. The van der Waals surface area contributed by atoms with Gasteiger partial charge in [-0.15, -0.1) is 0 Å². The highest BCUT2D eigenvalue weighted by molar-refractivity contribution is 5.87. The SMILES string of the molecule is COc1ccc(C=CC(=O)O[C@H]2[C@@H](O)[C@H](O[C@H]3O[C@H](C)[C@@H](O[C@@H]4OC[C@H](O)[C@H](O[C@@H]5O[C@H](CO)[C@@H](O)[C@H](O)[C@H]5O)[C@H]4O)[C@H](O)[C@@H]3O)[C@@H](OC(=O)[C@]34CCC(C)(C)C[C@H]3C3=CC[C@@H]5[C@@]6(C)C[C@H](O)[C@H](O[C@@H]7O[C@H](CO)[C@@H](O)[C@H](O)[C@H]7O)[C@@](C)(C(=O)O)[C@@H]6CC[C@@]5(C)[C@]3(CO)CC4)O[C@H]2C)cc1OC. The highest BCUT2D eigenvalue weighted by Gasteiger charge is 2.74. The number of aliphatic hydroxyl groups is 15. The molecule has 5 aliphatic heterocycles. The average Bonchev–Trinajstić information content (AvgIpc) is 0.669. The van der Waals surface area contributed by atoms with Crippen LogP contribution in [0.3, 0.4) is 0 Å². The van der Waals surface area contributed by atoms with Gasteiger partial charge in [-0.3, -0.25) is 9.59 Å². The summed E-state index contributed by atoms with van der Waals surface area (Å²) in [5, 5.41) is 178. The molecule has 102 heavy (non-hydrogen) atoms. The van der Waals surface area contributed by atoms with Crippen molar-refractivity contribution in [1.82, 2.24) is 0 Å². The summed E-state index contributed by atoms with van der Waals surface area (Å²) in [6, 6.07) is 4.88. The van der Waals surface area contributed by atoms with Crippen LogP contribution in [0.15, 0.2) is 35.9 Å². The van der Waals surface area contributed by atoms with Crippen molar-refractivity contribution in [2.45, 2.75) is 266 Å². The fourth-order valence-corrected chi connectivity index (χ4v) is 19.3. The third-order valence-corrected chi connectivity index (χ3v) is 25.1. The van der Waals surface area contributed by atoms with Crippen LogP contribution in [0.2, 0.25) is 0 Å². The van der Waals surface area contributed by atoms with Crippen LogP contribution in [0.25, 0.3) is 6.08 Å². The van der Waals surface area contributed by atoms with E-state index in [2.05, 4.69) is 26.8 Å². The third-order valence-electron chi connectivity index (χ3n) is 25.1. The number of ether oxygens (including phenoxy) is 13. The van der Waals surface area contributed by atoms with Crippen molar-refractivity contribution in [3.8, 4) is 11.5 Å². The largest absolute Gasteiger partial charge is 0.493 e. The van der Waals surface area contributed by atoms with Gasteiger partial charge in [0.1, 0.15) is 97.7 Å². The summed E-state index contributed by atoms with van der Waals surface area (Å²) in [5.74, 6) is -3.93. The van der Waals surface area contributed by atoms with Crippen LogP contribution in [0, 0.1) is 50.2 Å². The van der Waals surface area contributed by atoms with E-state index in [4.69, 9.17) is 61.6 Å². The van der Waals surface area contributed by atoms with Gasteiger partial charge in [0, 0.05) is 11.5 Å². The molecule has 16 N–H and O–H groups in total. The maximum Gasteiger partial charge on any atom is 0.331 e. The van der Waals surface area contributed by atoms with Gasteiger partial charge in [-0.1, -0.05) is 45.4 Å². The Hall–Kier alpha value is -4.25. The number of hydrogen-bond donors (Lipinski definition) is 16. The van der Waals surface area contributed by atoms with E-state index in [1.165, 1.54) is 41.1 Å². The Morgan fingerprint density at radius 1 is 0.569 bits per heavy atom. The Labute approximate surface area is 589 Å². The molecule has 5 heterocycles. The van der Waals surface area contributed by atoms with Crippen molar-refractivity contribution >= 4 is 24.0 Å². The van der Waals surface area contributed by atoms with Crippen molar-refractivity contribution in [1.29, 1.82) is 0 Å². The van der Waals surface area contributed by atoms with Crippen LogP contribution in [0.5, 0.6) is 11.5 Å². The van der Waals surface area contributed by atoms with Crippen LogP contribution in [0.1, 0.15) is 112 Å². The second-order valence-electron chi connectivity index (χ2n) is 31.3. The van der Waals surface area contributed by atoms with E-state index in [1.54, 1.807) is 18.2 Å². The molecule has 0 aromatic heterocycles. The summed E-state index contributed by atoms with van der Waals surface area (Å²) >= 11 is 0. The van der Waals surface area contributed by atoms with E-state index in [0.29, 0.717) is 42.7 Å². The molecule has 0 unspecified atom stereocenters. The molecule has 32 nitrogen and oxygen atoms in total. The van der Waals surface area contributed by atoms with E-state index in [1.807, 2.05) is 6.92 Å². The first-order valence-electron chi connectivity index (χ1n) is 35.2. The number of carbonyl (C=O) groups excluding carboxylic acids is 2. The normalized spacial score (nSPS) is 48.6. The smallest absolute Gasteiger partial charge is 0.331 e. The lowest BCUT2D eigenvalue weighted by atomic mass is 9.33. The highest BCUT2D eigenvalue weighted by atomic mass is 16.8. The number of carbonyl (C=O) groups is 3. The standard InChI is InChI=1S/C70H104O32/c1-29-53(98-58-52(86)55(35(75)27-92-58)99-60-48(82)45(79)43(77)38(25-71)95-60)47(81)50(84)59(93-29)100-56-51(85)54(97-42(76)15-11-31-10-13-36(90-8)37(22-31)91-9)30(2)94-62(56)102-64(89)69-19-18-65(3,4)23-33(69)32-12-14-40-66(5)24-34(74)57(101-61-49(83)46(80)44(78)39(26-72)96-61)68(7,63(87)88)41(66)16-17-67(40,6)70(32,28-73)21-20-69/h10-13,15,22,29-30,33-35,38-41,43-62,71-75,77-86H,14,16-21,23-28H2,1-9H3,(H,87,88)/t29-,30+,33+,34+,35+,38-,39-,40-,41-,43-,44-,45+,46+,47-,48-,49-,50+,51-,52-,53-,54-,55+,56+,57+,58+,59-,60+,61+,62-,66-,67-,68+,69+,70+/m1/s1. The molecule has 11 rings (SSSR count). The predicted octanol–water partition coefficient (Wildman–Crippen LogP) is -2.23. The molecule has 5 aliphatic carbocycles. The molecule has 0 radical (unpaired) electrons. The minimum Gasteiger partial charge on any atom is -0.493 e. The first-order valence-corrected chi connectivity index (χ1v) is 35.2. The monoisotopic (exact) mass is 1460 g/mol. The van der Waals surface area contributed by atoms with Crippen LogP contribution < -0.4 is 9.47 Å². The molecule has 0 spiro atoms. The van der Waals surface area contributed by atoms with Crippen molar-refractivity contribution in [2.24, 2.45) is 50.2 Å². The Morgan fingerprint density at radius 2 is 1.15 bits per heavy atom. The van der Waals surface area contributed by atoms with Crippen LogP contribution in [0.4, 0.5) is 0 Å². The number of fused-ring (bicyclic) bond motifs is 7. The van der Waals surface area contributed by atoms with Gasteiger partial charge in [-0.2, -0.15) is 0 Å². The average molecular weight is 1460 g/mol. The maximum atomic E-state index is 16.0. The number of methoxy groups -OCH3 is 2. The molecular weight excluding hydrogens is 1350 g/mol. The van der Waals surface area contributed by atoms with Gasteiger partial charge in [0.15, 0.2) is 48.9 Å². The fourth-order valence-electron chi connectivity index (χ4n) is 19.3. The third kappa shape index (κ3) is 13.6. The lowest BCUT2D eigenvalue weighted by molar-refractivity contribution is -0.380. The van der Waals surface area contributed by atoms with Gasteiger partial charge in [0.25, 0.3) is 0 Å². The molecular formula is C70H104O32. The van der Waals surface area contributed by atoms with Crippen molar-refractivity contribution in [3.63, 3.8) is 0 Å². The van der Waals surface area contributed by atoms with Gasteiger partial charge in [-0.05, 0) is 136 Å². The first kappa shape index (κ1) is 78.8. The fraction of sp³-hybridized carbons (Fsp3) is 0.814. The molecule has 32 heteroatoms. The summed E-state index contributed by atoms with van der Waals surface area (Å²) in [5.41, 5.74) is -5.05. The summed E-state index contributed by atoms with van der Waals surface area (Å²) in [6.45, 7) is 10.0. The highest BCUT2D eigenvalue weighted by Crippen LogP contribution is 2.76. The van der Waals surface area contributed by atoms with E-state index < -0.39 is 236 Å². The molecule has 576 valence electrons. The molecule has 9 fully saturated rings. The number of aliphatic carboxylic acids is 1. The van der Waals surface area contributed by atoms with Crippen molar-refractivity contribution < 1.29 is 158 Å². The lowest BCUT2D eigenvalue weighted by Gasteiger charge is -2.71.